The van der Waals surface area contributed by atoms with Gasteiger partial charge in [0.05, 0.1) is 17.0 Å². The minimum absolute atomic E-state index is 0.149. The van der Waals surface area contributed by atoms with Crippen molar-refractivity contribution < 1.29 is 19.8 Å². The summed E-state index contributed by atoms with van der Waals surface area (Å²) in [7, 11) is 3.75. The first kappa shape index (κ1) is 15.0. The third-order valence-electron chi connectivity index (χ3n) is 3.26. The quantitative estimate of drug-likeness (QED) is 0.850. The fourth-order valence-electron chi connectivity index (χ4n) is 2.47. The third kappa shape index (κ3) is 3.17. The topological polar surface area (TPSA) is 81.1 Å². The Morgan fingerprint density at radius 3 is 2.60 bits per heavy atom. The highest BCUT2D eigenvalue weighted by Crippen LogP contribution is 2.26. The molecule has 1 amide bonds. The van der Waals surface area contributed by atoms with Gasteiger partial charge in [-0.1, -0.05) is 0 Å². The molecule has 0 spiro atoms. The molecule has 1 aromatic heterocycles. The van der Waals surface area contributed by atoms with E-state index in [1.165, 1.54) is 12.1 Å². The van der Waals surface area contributed by atoms with Crippen molar-refractivity contribution >= 4 is 23.2 Å². The first-order valence-corrected chi connectivity index (χ1v) is 7.12. The maximum Gasteiger partial charge on any atom is 0.345 e. The van der Waals surface area contributed by atoms with E-state index >= 15 is 0 Å². The van der Waals surface area contributed by atoms with Crippen LogP contribution in [0.1, 0.15) is 25.8 Å². The maximum absolute atomic E-state index is 12.3. The Morgan fingerprint density at radius 1 is 1.40 bits per heavy atom. The fraction of sp³-hybridized carbons (Fsp3) is 0.538. The average Bonchev–Trinajstić information content (AvgIpc) is 2.94. The molecule has 0 bridgehead atoms. The Kier molecular flexibility index (Phi) is 4.12. The van der Waals surface area contributed by atoms with Crippen LogP contribution in [-0.4, -0.2) is 71.2 Å². The molecule has 1 aliphatic rings. The van der Waals surface area contributed by atoms with Gasteiger partial charge in [0.2, 0.25) is 0 Å². The van der Waals surface area contributed by atoms with Crippen LogP contribution in [-0.2, 0) is 0 Å². The molecule has 7 heteroatoms. The summed E-state index contributed by atoms with van der Waals surface area (Å²) in [5.41, 5.74) is -0.883. The van der Waals surface area contributed by atoms with E-state index in [0.29, 0.717) is 24.4 Å². The largest absolute Gasteiger partial charge is 0.477 e. The molecule has 0 aromatic carbocycles. The molecule has 2 rings (SSSR count). The van der Waals surface area contributed by atoms with E-state index in [2.05, 4.69) is 0 Å². The molecule has 0 saturated carbocycles. The molecule has 20 heavy (non-hydrogen) atoms. The lowest BCUT2D eigenvalue weighted by Gasteiger charge is -2.26. The molecule has 0 radical (unpaired) electrons. The van der Waals surface area contributed by atoms with E-state index < -0.39 is 11.6 Å². The number of carbonyl (C=O) groups is 2. The van der Waals surface area contributed by atoms with Crippen molar-refractivity contribution in [2.24, 2.45) is 0 Å². The number of amides is 1. The molecule has 110 valence electrons. The molecule has 2 N–H and O–H groups in total. The number of thiophene rings is 1. The lowest BCUT2D eigenvalue weighted by Crippen LogP contribution is -2.43. The first-order chi connectivity index (χ1) is 9.31. The van der Waals surface area contributed by atoms with Crippen LogP contribution in [0, 0.1) is 0 Å². The second kappa shape index (κ2) is 5.51. The smallest absolute Gasteiger partial charge is 0.345 e. The van der Waals surface area contributed by atoms with Gasteiger partial charge in [0.15, 0.2) is 0 Å². The fourth-order valence-corrected chi connectivity index (χ4v) is 3.28. The summed E-state index contributed by atoms with van der Waals surface area (Å²) >= 11 is 0.967. The molecule has 0 unspecified atom stereocenters. The van der Waals surface area contributed by atoms with Crippen LogP contribution in [0.15, 0.2) is 12.1 Å². The van der Waals surface area contributed by atoms with E-state index in [4.69, 9.17) is 5.11 Å². The van der Waals surface area contributed by atoms with E-state index in [1.807, 2.05) is 19.0 Å². The number of hydrogen-bond acceptors (Lipinski definition) is 5. The number of aliphatic hydroxyl groups is 1. The molecule has 1 aliphatic heterocycles. The molecule has 1 aromatic rings. The summed E-state index contributed by atoms with van der Waals surface area (Å²) in [4.78, 5) is 27.1. The Labute approximate surface area is 121 Å². The van der Waals surface area contributed by atoms with Crippen LogP contribution in [0.5, 0.6) is 0 Å². The summed E-state index contributed by atoms with van der Waals surface area (Å²) < 4.78 is 0. The monoisotopic (exact) mass is 298 g/mol. The molecular weight excluding hydrogens is 280 g/mol. The van der Waals surface area contributed by atoms with Crippen LogP contribution in [0.2, 0.25) is 0 Å². The number of hydrogen-bond donors (Lipinski definition) is 2. The molecule has 0 aliphatic carbocycles. The Morgan fingerprint density at radius 2 is 2.05 bits per heavy atom. The van der Waals surface area contributed by atoms with Crippen molar-refractivity contribution in [2.45, 2.75) is 12.0 Å². The van der Waals surface area contributed by atoms with Gasteiger partial charge in [0.25, 0.3) is 5.91 Å². The predicted octanol–water partition coefficient (Wildman–Crippen LogP) is 0.585. The minimum atomic E-state index is -1.03. The van der Waals surface area contributed by atoms with Crippen molar-refractivity contribution in [3.8, 4) is 0 Å². The Balaban J connectivity index is 2.05. The van der Waals surface area contributed by atoms with Gasteiger partial charge in [-0.05, 0) is 32.6 Å². The Bertz CT molecular complexity index is 528. The van der Waals surface area contributed by atoms with E-state index in [0.717, 1.165) is 11.3 Å². The number of likely N-dealkylation sites (N-methyl/N-ethyl adjacent to an activating group) is 1. The Hall–Kier alpha value is -1.44. The van der Waals surface area contributed by atoms with Gasteiger partial charge in [-0.15, -0.1) is 11.3 Å². The number of aromatic carboxylic acids is 1. The predicted molar refractivity (Wildman–Crippen MR) is 75.3 cm³/mol. The molecule has 1 saturated heterocycles. The first-order valence-electron chi connectivity index (χ1n) is 6.30. The summed E-state index contributed by atoms with van der Waals surface area (Å²) in [6, 6.07) is 2.96. The van der Waals surface area contributed by atoms with E-state index in [-0.39, 0.29) is 17.3 Å². The standard InChI is InChI=1S/C13H18N2O4S/c1-14(2)7-13(19)5-6-15(8-13)11(16)9-3-4-10(20-9)12(17)18/h3-4,19H,5-8H2,1-2H3,(H,17,18)/t13-/m0/s1. The highest BCUT2D eigenvalue weighted by atomic mass is 32.1. The van der Waals surface area contributed by atoms with Crippen LogP contribution < -0.4 is 0 Å². The zero-order chi connectivity index (χ0) is 14.9. The highest BCUT2D eigenvalue weighted by Gasteiger charge is 2.39. The average molecular weight is 298 g/mol. The molecule has 6 nitrogen and oxygen atoms in total. The van der Waals surface area contributed by atoms with Crippen molar-refractivity contribution in [2.75, 3.05) is 33.7 Å². The lowest BCUT2D eigenvalue weighted by molar-refractivity contribution is 0.0237. The molecule has 1 atom stereocenters. The molecule has 2 heterocycles. The normalized spacial score (nSPS) is 22.5. The van der Waals surface area contributed by atoms with Crippen LogP contribution >= 0.6 is 11.3 Å². The number of rotatable bonds is 4. The number of carboxylic acid groups (broad SMARTS) is 1. The van der Waals surface area contributed by atoms with E-state index in [9.17, 15) is 14.7 Å². The van der Waals surface area contributed by atoms with Gasteiger partial charge in [0.1, 0.15) is 4.88 Å². The number of carboxylic acids is 1. The van der Waals surface area contributed by atoms with Crippen molar-refractivity contribution in [1.82, 2.24) is 9.80 Å². The van der Waals surface area contributed by atoms with Crippen molar-refractivity contribution in [3.63, 3.8) is 0 Å². The SMILES string of the molecule is CN(C)C[C@@]1(O)CCN(C(=O)c2ccc(C(=O)O)s2)C1. The summed E-state index contributed by atoms with van der Waals surface area (Å²) in [5.74, 6) is -1.24. The number of likely N-dealkylation sites (tertiary alicyclic amines) is 1. The van der Waals surface area contributed by atoms with Gasteiger partial charge >= 0.3 is 5.97 Å². The van der Waals surface area contributed by atoms with Crippen molar-refractivity contribution in [1.29, 1.82) is 0 Å². The third-order valence-corrected chi connectivity index (χ3v) is 4.32. The van der Waals surface area contributed by atoms with Crippen LogP contribution in [0.4, 0.5) is 0 Å². The second-order valence-electron chi connectivity index (χ2n) is 5.41. The minimum Gasteiger partial charge on any atom is -0.477 e. The zero-order valence-corrected chi connectivity index (χ0v) is 12.3. The van der Waals surface area contributed by atoms with Gasteiger partial charge in [-0.25, -0.2) is 4.79 Å². The highest BCUT2D eigenvalue weighted by molar-refractivity contribution is 7.15. The van der Waals surface area contributed by atoms with Gasteiger partial charge in [0, 0.05) is 13.1 Å². The molecular formula is C13H18N2O4S. The van der Waals surface area contributed by atoms with Crippen LogP contribution in [0.25, 0.3) is 0 Å². The summed E-state index contributed by atoms with van der Waals surface area (Å²) in [6.45, 7) is 1.27. The van der Waals surface area contributed by atoms with Gasteiger partial charge in [-0.2, -0.15) is 0 Å². The number of carbonyl (C=O) groups excluding carboxylic acids is 1. The maximum atomic E-state index is 12.3. The van der Waals surface area contributed by atoms with Crippen LogP contribution in [0.3, 0.4) is 0 Å². The number of nitrogens with zero attached hydrogens (tertiary/aromatic N) is 2. The van der Waals surface area contributed by atoms with Gasteiger partial charge < -0.3 is 20.0 Å². The summed E-state index contributed by atoms with van der Waals surface area (Å²) in [6.07, 6.45) is 0.536. The zero-order valence-electron chi connectivity index (χ0n) is 11.5. The second-order valence-corrected chi connectivity index (χ2v) is 6.49. The number of β-amino-alcohol motifs (C(OH)–C–C–N with tert-alkyl or cyclic N) is 1. The van der Waals surface area contributed by atoms with Crippen molar-refractivity contribution in [3.05, 3.63) is 21.9 Å². The lowest BCUT2D eigenvalue weighted by atomic mass is 10.0. The summed E-state index contributed by atoms with van der Waals surface area (Å²) in [5, 5.41) is 19.3. The van der Waals surface area contributed by atoms with Gasteiger partial charge in [-0.3, -0.25) is 4.79 Å². The van der Waals surface area contributed by atoms with E-state index in [1.54, 1.807) is 4.90 Å². The molecule has 1 fully saturated rings.